The molecule has 1 saturated heterocycles. The predicted molar refractivity (Wildman–Crippen MR) is 118 cm³/mol. The number of carbonyl (C=O) groups excluding carboxylic acids is 1. The molecule has 3 heterocycles. The van der Waals surface area contributed by atoms with Crippen molar-refractivity contribution in [1.29, 1.82) is 5.41 Å². The summed E-state index contributed by atoms with van der Waals surface area (Å²) in [5, 5.41) is 21.1. The number of aliphatic imine (C=N–C) groups is 1. The van der Waals surface area contributed by atoms with E-state index in [4.69, 9.17) is 14.9 Å². The SMILES string of the molecule is COCC1=C(C)N=C(C(=O)NC2CCN(c3nc(C)c(C(=O)O)s3)C[C@@H]2OC)C(=N)C1. The van der Waals surface area contributed by atoms with E-state index in [1.807, 2.05) is 11.8 Å². The van der Waals surface area contributed by atoms with Gasteiger partial charge in [0.05, 0.1) is 30.2 Å². The zero-order valence-electron chi connectivity index (χ0n) is 18.0. The third-order valence-electron chi connectivity index (χ3n) is 5.43. The Morgan fingerprint density at radius 1 is 1.35 bits per heavy atom. The standard InChI is InChI=1S/C20H27N5O5S/c1-10-12(9-29-3)7-13(21)16(22-10)18(26)24-14-5-6-25(8-15(14)30-4)20-23-11(2)17(31-20)19(27)28/h14-15,21H,5-9H2,1-4H3,(H,24,26)(H,27,28)/t14?,15-/m0/s1. The van der Waals surface area contributed by atoms with Crippen molar-refractivity contribution in [1.82, 2.24) is 10.3 Å². The number of anilines is 1. The summed E-state index contributed by atoms with van der Waals surface area (Å²) >= 11 is 1.14. The van der Waals surface area contributed by atoms with Gasteiger partial charge in [0.15, 0.2) is 5.13 Å². The zero-order valence-corrected chi connectivity index (χ0v) is 18.8. The number of thiazole rings is 1. The second-order valence-corrected chi connectivity index (χ2v) is 8.52. The number of piperidine rings is 1. The van der Waals surface area contributed by atoms with Crippen molar-refractivity contribution in [2.45, 2.75) is 38.8 Å². The molecule has 1 aromatic heterocycles. The lowest BCUT2D eigenvalue weighted by Gasteiger charge is -2.38. The third kappa shape index (κ3) is 5.00. The molecule has 0 saturated carbocycles. The first kappa shape index (κ1) is 23.0. The van der Waals surface area contributed by atoms with E-state index < -0.39 is 5.97 Å². The fraction of sp³-hybridized carbons (Fsp3) is 0.550. The average molecular weight is 450 g/mol. The molecule has 2 aliphatic rings. The third-order valence-corrected chi connectivity index (χ3v) is 6.64. The fourth-order valence-corrected chi connectivity index (χ4v) is 4.64. The first-order chi connectivity index (χ1) is 14.7. The molecule has 2 aliphatic heterocycles. The molecule has 1 unspecified atom stereocenters. The van der Waals surface area contributed by atoms with Crippen LogP contribution in [0.2, 0.25) is 0 Å². The van der Waals surface area contributed by atoms with Crippen LogP contribution in [0, 0.1) is 12.3 Å². The Morgan fingerprint density at radius 2 is 2.10 bits per heavy atom. The van der Waals surface area contributed by atoms with E-state index in [0.29, 0.717) is 49.1 Å². The van der Waals surface area contributed by atoms with Crippen LogP contribution in [0.25, 0.3) is 0 Å². The van der Waals surface area contributed by atoms with Gasteiger partial charge in [0.25, 0.3) is 5.91 Å². The molecule has 10 nitrogen and oxygen atoms in total. The number of aromatic nitrogens is 1. The number of nitrogens with zero attached hydrogens (tertiary/aromatic N) is 3. The molecule has 1 fully saturated rings. The summed E-state index contributed by atoms with van der Waals surface area (Å²) in [6, 6.07) is -0.256. The summed E-state index contributed by atoms with van der Waals surface area (Å²) in [4.78, 5) is 35.1. The van der Waals surface area contributed by atoms with E-state index in [2.05, 4.69) is 15.3 Å². The Labute approximate surface area is 184 Å². The molecule has 1 amide bonds. The van der Waals surface area contributed by atoms with Crippen LogP contribution < -0.4 is 10.2 Å². The van der Waals surface area contributed by atoms with Crippen molar-refractivity contribution < 1.29 is 24.2 Å². The number of aryl methyl sites for hydroxylation is 1. The molecule has 0 spiro atoms. The van der Waals surface area contributed by atoms with Crippen molar-refractivity contribution in [3.63, 3.8) is 0 Å². The van der Waals surface area contributed by atoms with Gasteiger partial charge in [0.1, 0.15) is 10.6 Å². The van der Waals surface area contributed by atoms with Crippen molar-refractivity contribution in [3.05, 3.63) is 21.8 Å². The Morgan fingerprint density at radius 3 is 2.71 bits per heavy atom. The van der Waals surface area contributed by atoms with Gasteiger partial charge in [-0.05, 0) is 25.8 Å². The zero-order chi connectivity index (χ0) is 22.7. The van der Waals surface area contributed by atoms with Crippen LogP contribution in [0.1, 0.15) is 35.1 Å². The minimum atomic E-state index is -0.986. The quantitative estimate of drug-likeness (QED) is 0.575. The number of carboxylic acid groups (broad SMARTS) is 1. The average Bonchev–Trinajstić information content (AvgIpc) is 3.12. The van der Waals surface area contributed by atoms with Crippen LogP contribution in [0.4, 0.5) is 5.13 Å². The number of allylic oxidation sites excluding steroid dienone is 1. The molecular weight excluding hydrogens is 422 g/mol. The lowest BCUT2D eigenvalue weighted by molar-refractivity contribution is -0.116. The van der Waals surface area contributed by atoms with Crippen LogP contribution in [-0.4, -0.2) is 79.5 Å². The summed E-state index contributed by atoms with van der Waals surface area (Å²) in [5.74, 6) is -1.38. The van der Waals surface area contributed by atoms with Crippen molar-refractivity contribution in [2.24, 2.45) is 4.99 Å². The molecular formula is C20H27N5O5S. The minimum absolute atomic E-state index is 0.122. The second kappa shape index (κ2) is 9.67. The molecule has 31 heavy (non-hydrogen) atoms. The molecule has 0 aromatic carbocycles. The number of hydrogen-bond acceptors (Lipinski definition) is 9. The molecule has 3 rings (SSSR count). The highest BCUT2D eigenvalue weighted by molar-refractivity contribution is 7.17. The largest absolute Gasteiger partial charge is 0.477 e. The monoisotopic (exact) mass is 449 g/mol. The van der Waals surface area contributed by atoms with Gasteiger partial charge in [-0.1, -0.05) is 11.3 Å². The highest BCUT2D eigenvalue weighted by Gasteiger charge is 2.34. The van der Waals surface area contributed by atoms with Gasteiger partial charge < -0.3 is 30.2 Å². The number of carboxylic acids is 1. The maximum atomic E-state index is 12.8. The van der Waals surface area contributed by atoms with Gasteiger partial charge in [-0.25, -0.2) is 14.8 Å². The molecule has 168 valence electrons. The summed E-state index contributed by atoms with van der Waals surface area (Å²) in [6.07, 6.45) is 0.623. The predicted octanol–water partition coefficient (Wildman–Crippen LogP) is 1.64. The van der Waals surface area contributed by atoms with Gasteiger partial charge in [-0.2, -0.15) is 0 Å². The summed E-state index contributed by atoms with van der Waals surface area (Å²) in [6.45, 7) is 4.94. The summed E-state index contributed by atoms with van der Waals surface area (Å²) < 4.78 is 10.7. The van der Waals surface area contributed by atoms with Crippen LogP contribution in [-0.2, 0) is 14.3 Å². The number of rotatable bonds is 7. The normalized spacial score (nSPS) is 21.9. The van der Waals surface area contributed by atoms with Crippen molar-refractivity contribution in [3.8, 4) is 0 Å². The van der Waals surface area contributed by atoms with Gasteiger partial charge in [0.2, 0.25) is 0 Å². The molecule has 0 bridgehead atoms. The summed E-state index contributed by atoms with van der Waals surface area (Å²) in [7, 11) is 3.16. The van der Waals surface area contributed by atoms with E-state index in [0.717, 1.165) is 16.9 Å². The lowest BCUT2D eigenvalue weighted by atomic mass is 9.98. The first-order valence-electron chi connectivity index (χ1n) is 9.88. The van der Waals surface area contributed by atoms with E-state index >= 15 is 0 Å². The van der Waals surface area contributed by atoms with Gasteiger partial charge in [-0.3, -0.25) is 4.79 Å². The Hall–Kier alpha value is -2.63. The van der Waals surface area contributed by atoms with Gasteiger partial charge >= 0.3 is 5.97 Å². The van der Waals surface area contributed by atoms with E-state index in [1.54, 1.807) is 21.1 Å². The van der Waals surface area contributed by atoms with Crippen LogP contribution >= 0.6 is 11.3 Å². The van der Waals surface area contributed by atoms with Gasteiger partial charge in [-0.15, -0.1) is 0 Å². The number of hydrogen-bond donors (Lipinski definition) is 3. The molecule has 0 radical (unpaired) electrons. The Balaban J connectivity index is 1.69. The number of ether oxygens (including phenoxy) is 2. The van der Waals surface area contributed by atoms with Crippen LogP contribution in [0.5, 0.6) is 0 Å². The first-order valence-corrected chi connectivity index (χ1v) is 10.7. The molecule has 11 heteroatoms. The van der Waals surface area contributed by atoms with Crippen molar-refractivity contribution in [2.75, 3.05) is 38.8 Å². The number of nitrogens with one attached hydrogen (secondary N) is 2. The van der Waals surface area contributed by atoms with Crippen molar-refractivity contribution >= 4 is 39.8 Å². The maximum absolute atomic E-state index is 12.8. The Kier molecular flexibility index (Phi) is 7.19. The lowest BCUT2D eigenvalue weighted by Crippen LogP contribution is -2.56. The van der Waals surface area contributed by atoms with Crippen LogP contribution in [0.15, 0.2) is 16.3 Å². The van der Waals surface area contributed by atoms with E-state index in [-0.39, 0.29) is 34.4 Å². The topological polar surface area (TPSA) is 137 Å². The summed E-state index contributed by atoms with van der Waals surface area (Å²) in [5.41, 5.74) is 2.38. The smallest absolute Gasteiger partial charge is 0.347 e. The van der Waals surface area contributed by atoms with E-state index in [1.165, 1.54) is 0 Å². The van der Waals surface area contributed by atoms with E-state index in [9.17, 15) is 14.7 Å². The molecule has 1 aromatic rings. The maximum Gasteiger partial charge on any atom is 0.347 e. The fourth-order valence-electron chi connectivity index (χ4n) is 3.70. The van der Waals surface area contributed by atoms with Gasteiger partial charge in [0, 0.05) is 39.4 Å². The minimum Gasteiger partial charge on any atom is -0.477 e. The number of methoxy groups -OCH3 is 2. The molecule has 0 aliphatic carbocycles. The molecule has 2 atom stereocenters. The highest BCUT2D eigenvalue weighted by Crippen LogP contribution is 2.29. The number of carbonyl (C=O) groups is 2. The number of aromatic carboxylic acids is 1. The molecule has 3 N–H and O–H groups in total. The highest BCUT2D eigenvalue weighted by atomic mass is 32.1. The second-order valence-electron chi connectivity index (χ2n) is 7.54. The Bertz CT molecular complexity index is 954. The van der Waals surface area contributed by atoms with Crippen LogP contribution in [0.3, 0.4) is 0 Å². The number of amides is 1.